The summed E-state index contributed by atoms with van der Waals surface area (Å²) < 4.78 is 2.29. The van der Waals surface area contributed by atoms with Crippen LogP contribution < -0.4 is 5.73 Å². The number of likely N-dealkylation sites (tertiary alicyclic amines) is 1. The molecule has 0 amide bonds. The van der Waals surface area contributed by atoms with E-state index >= 15 is 0 Å². The number of nitrogens with zero attached hydrogens (tertiary/aromatic N) is 5. The number of aromatic nitrogens is 3. The van der Waals surface area contributed by atoms with Crippen LogP contribution in [0.3, 0.4) is 0 Å². The van der Waals surface area contributed by atoms with Crippen molar-refractivity contribution < 1.29 is 0 Å². The summed E-state index contributed by atoms with van der Waals surface area (Å²) in [6.45, 7) is 7.34. The lowest BCUT2D eigenvalue weighted by molar-refractivity contribution is 0.141. The second-order valence-corrected chi connectivity index (χ2v) is 11.4. The van der Waals surface area contributed by atoms with Crippen LogP contribution in [0.5, 0.6) is 0 Å². The topological polar surface area (TPSA) is 72.3 Å². The Hall–Kier alpha value is -1.87. The Morgan fingerprint density at radius 3 is 2.82 bits per heavy atom. The highest BCUT2D eigenvalue weighted by Gasteiger charge is 2.35. The van der Waals surface area contributed by atoms with Crippen molar-refractivity contribution in [2.75, 3.05) is 25.9 Å². The van der Waals surface area contributed by atoms with Crippen LogP contribution in [0.15, 0.2) is 40.0 Å². The predicted octanol–water partition coefficient (Wildman–Crippen LogP) is 6.23. The second-order valence-electron chi connectivity index (χ2n) is 9.31. The third-order valence-electron chi connectivity index (χ3n) is 7.43. The fourth-order valence-corrected chi connectivity index (χ4v) is 7.18. The third kappa shape index (κ3) is 4.78. The van der Waals surface area contributed by atoms with Gasteiger partial charge >= 0.3 is 0 Å². The van der Waals surface area contributed by atoms with Gasteiger partial charge < -0.3 is 10.3 Å². The van der Waals surface area contributed by atoms with E-state index in [9.17, 15) is 0 Å². The van der Waals surface area contributed by atoms with E-state index in [-0.39, 0.29) is 5.28 Å². The highest BCUT2D eigenvalue weighted by molar-refractivity contribution is 8.16. The van der Waals surface area contributed by atoms with Crippen LogP contribution in [-0.4, -0.2) is 44.6 Å². The number of rotatable bonds is 6. The van der Waals surface area contributed by atoms with Gasteiger partial charge in [0.25, 0.3) is 0 Å². The summed E-state index contributed by atoms with van der Waals surface area (Å²) in [6.07, 6.45) is 8.33. The predicted molar refractivity (Wildman–Crippen MR) is 146 cm³/mol. The van der Waals surface area contributed by atoms with Crippen molar-refractivity contribution >= 4 is 56.6 Å². The summed E-state index contributed by atoms with van der Waals surface area (Å²) in [5.74, 6) is 1.96. The lowest BCUT2D eigenvalue weighted by atomic mass is 9.83. The molecule has 2 unspecified atom stereocenters. The molecule has 1 saturated carbocycles. The number of anilines is 1. The zero-order valence-electron chi connectivity index (χ0n) is 19.5. The largest absolute Gasteiger partial charge is 0.383 e. The van der Waals surface area contributed by atoms with Gasteiger partial charge in [-0.05, 0) is 96.4 Å². The first kappa shape index (κ1) is 23.9. The molecule has 6 nitrogen and oxygen atoms in total. The van der Waals surface area contributed by atoms with Crippen molar-refractivity contribution in [3.05, 3.63) is 51.4 Å². The van der Waals surface area contributed by atoms with Crippen molar-refractivity contribution in [1.82, 2.24) is 19.4 Å². The van der Waals surface area contributed by atoms with Crippen molar-refractivity contribution in [3.63, 3.8) is 0 Å². The van der Waals surface area contributed by atoms with E-state index in [4.69, 9.17) is 17.3 Å². The molecule has 2 aliphatic rings. The monoisotopic (exact) mass is 514 g/mol. The molecule has 0 spiro atoms. The average molecular weight is 515 g/mol. The summed E-state index contributed by atoms with van der Waals surface area (Å²) in [5, 5.41) is 8.13. The van der Waals surface area contributed by atoms with Crippen molar-refractivity contribution in [2.45, 2.75) is 44.7 Å². The number of aliphatic imine (C=N–C) groups is 1. The number of halogens is 1. The van der Waals surface area contributed by atoms with Crippen molar-refractivity contribution in [3.8, 4) is 0 Å². The van der Waals surface area contributed by atoms with E-state index < -0.39 is 0 Å². The molecule has 1 aliphatic carbocycles. The van der Waals surface area contributed by atoms with E-state index in [0.29, 0.717) is 11.9 Å². The minimum atomic E-state index is 0.190. The molecular formula is C25H31ClN6S2. The quantitative estimate of drug-likeness (QED) is 0.239. The summed E-state index contributed by atoms with van der Waals surface area (Å²) in [6, 6.07) is 2.64. The molecule has 2 N–H and O–H groups in total. The Bertz CT molecular complexity index is 1180. The highest BCUT2D eigenvalue weighted by Crippen LogP contribution is 2.44. The molecule has 0 bridgehead atoms. The maximum absolute atomic E-state index is 6.32. The van der Waals surface area contributed by atoms with Gasteiger partial charge in [-0.2, -0.15) is 16.3 Å². The first-order valence-electron chi connectivity index (χ1n) is 11.9. The summed E-state index contributed by atoms with van der Waals surface area (Å²) in [4.78, 5) is 15.9. The van der Waals surface area contributed by atoms with Gasteiger partial charge in [-0.15, -0.1) is 0 Å². The first-order chi connectivity index (χ1) is 16.6. The van der Waals surface area contributed by atoms with Gasteiger partial charge in [0.05, 0.1) is 5.39 Å². The standard InChI is InChI=1S/C25H31ClN6S2/c1-3-34-24(28-2)20-14-32(23-21(20)22(27)29-25(26)30-23)19-5-4-18(12-19)17-6-9-31(10-7-17)13-16-8-11-33-15-16/h3,8,11,14-15,17-19H,1,4-7,9-10,12-13H2,2H3,(H2,27,29,30). The Labute approximate surface area is 214 Å². The molecular weight excluding hydrogens is 484 g/mol. The molecule has 9 heteroatoms. The van der Waals surface area contributed by atoms with E-state index in [1.807, 2.05) is 0 Å². The lowest BCUT2D eigenvalue weighted by Crippen LogP contribution is -2.35. The molecule has 4 heterocycles. The maximum atomic E-state index is 6.32. The molecule has 3 aromatic heterocycles. The number of piperidine rings is 1. The van der Waals surface area contributed by atoms with Gasteiger partial charge in [0.2, 0.25) is 5.28 Å². The average Bonchev–Trinajstić information content (AvgIpc) is 3.58. The molecule has 1 aliphatic heterocycles. The minimum Gasteiger partial charge on any atom is -0.383 e. The minimum absolute atomic E-state index is 0.190. The number of hydrogen-bond acceptors (Lipinski definition) is 7. The zero-order chi connectivity index (χ0) is 23.7. The van der Waals surface area contributed by atoms with Gasteiger partial charge in [0.15, 0.2) is 0 Å². The van der Waals surface area contributed by atoms with Crippen LogP contribution in [0, 0.1) is 11.8 Å². The fraction of sp³-hybridized carbons (Fsp3) is 0.480. The van der Waals surface area contributed by atoms with Gasteiger partial charge in [-0.3, -0.25) is 9.89 Å². The van der Waals surface area contributed by atoms with E-state index in [1.54, 1.807) is 23.8 Å². The van der Waals surface area contributed by atoms with Crippen LogP contribution in [-0.2, 0) is 6.54 Å². The highest BCUT2D eigenvalue weighted by atomic mass is 35.5. The molecule has 1 saturated heterocycles. The molecule has 5 rings (SSSR count). The first-order valence-corrected chi connectivity index (χ1v) is 14.1. The Kier molecular flexibility index (Phi) is 7.30. The number of hydrogen-bond donors (Lipinski definition) is 1. The van der Waals surface area contributed by atoms with Crippen molar-refractivity contribution in [1.29, 1.82) is 0 Å². The Morgan fingerprint density at radius 1 is 1.29 bits per heavy atom. The van der Waals surface area contributed by atoms with Gasteiger partial charge in [-0.25, -0.2) is 4.98 Å². The van der Waals surface area contributed by atoms with Gasteiger partial charge in [0.1, 0.15) is 16.5 Å². The molecule has 2 fully saturated rings. The SMILES string of the molecule is C=CSC(=NC)c1cn(C2CCC(C3CCN(Cc4ccsc4)CC3)C2)c2nc(Cl)nc(N)c12. The van der Waals surface area contributed by atoms with Crippen LogP contribution in [0.4, 0.5) is 5.82 Å². The maximum Gasteiger partial charge on any atom is 0.226 e. The van der Waals surface area contributed by atoms with Gasteiger partial charge in [0, 0.05) is 31.4 Å². The lowest BCUT2D eigenvalue weighted by Gasteiger charge is -2.34. The summed E-state index contributed by atoms with van der Waals surface area (Å²) in [7, 11) is 1.79. The summed E-state index contributed by atoms with van der Waals surface area (Å²) >= 11 is 9.51. The van der Waals surface area contributed by atoms with Crippen LogP contribution in [0.25, 0.3) is 11.0 Å². The molecule has 2 atom stereocenters. The summed E-state index contributed by atoms with van der Waals surface area (Å²) in [5.41, 5.74) is 9.54. The zero-order valence-corrected chi connectivity index (χ0v) is 21.9. The van der Waals surface area contributed by atoms with Crippen LogP contribution in [0.2, 0.25) is 5.28 Å². The Balaban J connectivity index is 1.33. The van der Waals surface area contributed by atoms with E-state index in [2.05, 4.69) is 54.0 Å². The van der Waals surface area contributed by atoms with Crippen LogP contribution >= 0.6 is 34.7 Å². The van der Waals surface area contributed by atoms with Crippen molar-refractivity contribution in [2.24, 2.45) is 16.8 Å². The van der Waals surface area contributed by atoms with Crippen LogP contribution in [0.1, 0.15) is 49.3 Å². The number of nitrogen functional groups attached to an aromatic ring is 1. The number of fused-ring (bicyclic) bond motifs is 1. The number of nitrogens with two attached hydrogens (primary N) is 1. The number of thiophene rings is 1. The molecule has 0 aromatic carbocycles. The fourth-order valence-electron chi connectivity index (χ4n) is 5.80. The van der Waals surface area contributed by atoms with Gasteiger partial charge in [-0.1, -0.05) is 18.3 Å². The second kappa shape index (κ2) is 10.4. The molecule has 0 radical (unpaired) electrons. The van der Waals surface area contributed by atoms with E-state index in [1.165, 1.54) is 56.1 Å². The normalized spacial score (nSPS) is 22.6. The Morgan fingerprint density at radius 2 is 2.12 bits per heavy atom. The van der Waals surface area contributed by atoms with E-state index in [0.717, 1.165) is 46.4 Å². The molecule has 180 valence electrons. The third-order valence-corrected chi connectivity index (χ3v) is 9.12. The smallest absolute Gasteiger partial charge is 0.226 e. The molecule has 34 heavy (non-hydrogen) atoms. The number of thioether (sulfide) groups is 1. The molecule has 3 aromatic rings.